The molecule has 0 amide bonds. The summed E-state index contributed by atoms with van der Waals surface area (Å²) in [4.78, 5) is 15.7. The summed E-state index contributed by atoms with van der Waals surface area (Å²) >= 11 is 4.85. The van der Waals surface area contributed by atoms with Crippen LogP contribution >= 0.6 is 27.3 Å². The molecule has 84 valence electrons. The Morgan fingerprint density at radius 1 is 1.29 bits per heavy atom. The Balaban J connectivity index is 2.42. The van der Waals surface area contributed by atoms with Gasteiger partial charge in [0.05, 0.1) is 11.2 Å². The van der Waals surface area contributed by atoms with Crippen LogP contribution in [-0.4, -0.2) is 4.98 Å². The molecule has 5 heteroatoms. The molecular weight excluding hydrogens is 302 g/mol. The molecule has 0 saturated heterocycles. The molecule has 0 aliphatic heterocycles. The highest BCUT2D eigenvalue weighted by Crippen LogP contribution is 2.28. The number of hydrogen-bond donors (Lipinski definition) is 0. The van der Waals surface area contributed by atoms with Crippen LogP contribution in [0.2, 0.25) is 0 Å². The second-order valence-electron chi connectivity index (χ2n) is 3.49. The average molecular weight is 308 g/mol. The normalized spacial score (nSPS) is 10.9. The summed E-state index contributed by atoms with van der Waals surface area (Å²) in [5.74, 6) is 0. The molecule has 0 N–H and O–H groups in total. The number of rotatable bonds is 1. The first-order valence-corrected chi connectivity index (χ1v) is 6.59. The van der Waals surface area contributed by atoms with Crippen molar-refractivity contribution in [2.75, 3.05) is 0 Å². The second-order valence-corrected chi connectivity index (χ2v) is 5.13. The molecule has 0 aliphatic rings. The summed E-state index contributed by atoms with van der Waals surface area (Å²) in [6.07, 6.45) is 0. The summed E-state index contributed by atoms with van der Waals surface area (Å²) in [6, 6.07) is 7.09. The first kappa shape index (κ1) is 10.7. The van der Waals surface area contributed by atoms with E-state index in [9.17, 15) is 4.79 Å². The lowest BCUT2D eigenvalue weighted by molar-refractivity contribution is 0.561. The molecule has 0 saturated carbocycles. The zero-order valence-corrected chi connectivity index (χ0v) is 10.9. The Labute approximate surface area is 109 Å². The van der Waals surface area contributed by atoms with E-state index in [1.165, 1.54) is 17.4 Å². The van der Waals surface area contributed by atoms with Crippen LogP contribution in [0.4, 0.5) is 0 Å². The Bertz CT molecular complexity index is 734. The first-order chi connectivity index (χ1) is 8.24. The van der Waals surface area contributed by atoms with E-state index in [0.29, 0.717) is 5.58 Å². The van der Waals surface area contributed by atoms with Crippen molar-refractivity contribution in [3.63, 3.8) is 0 Å². The standard InChI is InChI=1S/C12H6BrNO2S/c13-7-1-2-8-9(10-5-17-6-14-10)4-12(15)16-11(8)3-7/h1-6H. The van der Waals surface area contributed by atoms with E-state index in [4.69, 9.17) is 4.42 Å². The summed E-state index contributed by atoms with van der Waals surface area (Å²) in [7, 11) is 0. The molecule has 0 unspecified atom stereocenters. The largest absolute Gasteiger partial charge is 0.423 e. The van der Waals surface area contributed by atoms with Gasteiger partial charge in [-0.1, -0.05) is 15.9 Å². The van der Waals surface area contributed by atoms with Gasteiger partial charge < -0.3 is 4.42 Å². The molecule has 0 spiro atoms. The average Bonchev–Trinajstić information content (AvgIpc) is 2.80. The fraction of sp³-hybridized carbons (Fsp3) is 0. The van der Waals surface area contributed by atoms with Gasteiger partial charge in [-0.15, -0.1) is 11.3 Å². The van der Waals surface area contributed by atoms with Crippen LogP contribution in [0.15, 0.2) is 48.8 Å². The smallest absolute Gasteiger partial charge is 0.336 e. The minimum atomic E-state index is -0.362. The van der Waals surface area contributed by atoms with E-state index in [1.807, 2.05) is 17.5 Å². The second kappa shape index (κ2) is 4.09. The third-order valence-electron chi connectivity index (χ3n) is 2.41. The molecule has 17 heavy (non-hydrogen) atoms. The number of thiazole rings is 1. The van der Waals surface area contributed by atoms with Crippen LogP contribution in [0.5, 0.6) is 0 Å². The van der Waals surface area contributed by atoms with Gasteiger partial charge in [0.2, 0.25) is 0 Å². The van der Waals surface area contributed by atoms with Crippen molar-refractivity contribution < 1.29 is 4.42 Å². The van der Waals surface area contributed by atoms with Crippen molar-refractivity contribution in [1.29, 1.82) is 0 Å². The van der Waals surface area contributed by atoms with E-state index in [-0.39, 0.29) is 5.63 Å². The molecule has 0 bridgehead atoms. The third-order valence-corrected chi connectivity index (χ3v) is 3.49. The van der Waals surface area contributed by atoms with Gasteiger partial charge in [-0.05, 0) is 18.2 Å². The molecule has 2 aromatic heterocycles. The van der Waals surface area contributed by atoms with Gasteiger partial charge in [0.25, 0.3) is 0 Å². The van der Waals surface area contributed by atoms with E-state index in [1.54, 1.807) is 11.6 Å². The van der Waals surface area contributed by atoms with Crippen LogP contribution in [0.3, 0.4) is 0 Å². The summed E-state index contributed by atoms with van der Waals surface area (Å²) in [5, 5.41) is 2.80. The van der Waals surface area contributed by atoms with Crippen LogP contribution in [0.1, 0.15) is 0 Å². The highest BCUT2D eigenvalue weighted by Gasteiger charge is 2.09. The molecule has 2 heterocycles. The van der Waals surface area contributed by atoms with Gasteiger partial charge in [0, 0.05) is 26.9 Å². The molecule has 0 radical (unpaired) electrons. The van der Waals surface area contributed by atoms with E-state index >= 15 is 0 Å². The number of nitrogens with zero attached hydrogens (tertiary/aromatic N) is 1. The number of aromatic nitrogens is 1. The lowest BCUT2D eigenvalue weighted by Gasteiger charge is -2.02. The van der Waals surface area contributed by atoms with Crippen molar-refractivity contribution in [2.24, 2.45) is 0 Å². The van der Waals surface area contributed by atoms with Crippen molar-refractivity contribution >= 4 is 38.2 Å². The Kier molecular flexibility index (Phi) is 2.57. The highest BCUT2D eigenvalue weighted by atomic mass is 79.9. The van der Waals surface area contributed by atoms with Crippen molar-refractivity contribution in [3.8, 4) is 11.3 Å². The molecule has 1 aromatic carbocycles. The number of hydrogen-bond acceptors (Lipinski definition) is 4. The van der Waals surface area contributed by atoms with E-state index in [2.05, 4.69) is 20.9 Å². The number of fused-ring (bicyclic) bond motifs is 1. The maximum atomic E-state index is 11.5. The van der Waals surface area contributed by atoms with Gasteiger partial charge in [-0.25, -0.2) is 9.78 Å². The van der Waals surface area contributed by atoms with Crippen LogP contribution in [-0.2, 0) is 0 Å². The summed E-state index contributed by atoms with van der Waals surface area (Å²) in [6.45, 7) is 0. The van der Waals surface area contributed by atoms with Crippen LogP contribution < -0.4 is 5.63 Å². The SMILES string of the molecule is O=c1cc(-c2cscn2)c2ccc(Br)cc2o1. The highest BCUT2D eigenvalue weighted by molar-refractivity contribution is 9.10. The summed E-state index contributed by atoms with van der Waals surface area (Å²) < 4.78 is 6.05. The predicted molar refractivity (Wildman–Crippen MR) is 71.3 cm³/mol. The fourth-order valence-electron chi connectivity index (χ4n) is 1.69. The van der Waals surface area contributed by atoms with Crippen LogP contribution in [0.25, 0.3) is 22.2 Å². The zero-order chi connectivity index (χ0) is 11.8. The maximum Gasteiger partial charge on any atom is 0.336 e. The molecule has 3 rings (SSSR count). The Hall–Kier alpha value is -1.46. The van der Waals surface area contributed by atoms with Gasteiger partial charge in [0.15, 0.2) is 0 Å². The summed E-state index contributed by atoms with van der Waals surface area (Å²) in [5.41, 5.74) is 3.56. The maximum absolute atomic E-state index is 11.5. The topological polar surface area (TPSA) is 43.1 Å². The lowest BCUT2D eigenvalue weighted by atomic mass is 10.1. The van der Waals surface area contributed by atoms with Gasteiger partial charge in [0.1, 0.15) is 5.58 Å². The molecule has 0 fully saturated rings. The number of halogens is 1. The molecule has 3 aromatic rings. The molecule has 0 aliphatic carbocycles. The van der Waals surface area contributed by atoms with Gasteiger partial charge in [-0.3, -0.25) is 0 Å². The lowest BCUT2D eigenvalue weighted by Crippen LogP contribution is -1.98. The zero-order valence-electron chi connectivity index (χ0n) is 8.51. The van der Waals surface area contributed by atoms with E-state index < -0.39 is 0 Å². The third kappa shape index (κ3) is 1.92. The Morgan fingerprint density at radius 3 is 2.94 bits per heavy atom. The quantitative estimate of drug-likeness (QED) is 0.644. The Morgan fingerprint density at radius 2 is 2.18 bits per heavy atom. The molecular formula is C12H6BrNO2S. The predicted octanol–water partition coefficient (Wildman–Crippen LogP) is 3.68. The van der Waals surface area contributed by atoms with Crippen LogP contribution in [0, 0.1) is 0 Å². The molecule has 0 atom stereocenters. The minimum Gasteiger partial charge on any atom is -0.423 e. The monoisotopic (exact) mass is 307 g/mol. The van der Waals surface area contributed by atoms with Gasteiger partial charge in [-0.2, -0.15) is 0 Å². The minimum absolute atomic E-state index is 0.362. The van der Waals surface area contributed by atoms with Crippen molar-refractivity contribution in [3.05, 3.63) is 50.0 Å². The van der Waals surface area contributed by atoms with E-state index in [0.717, 1.165) is 21.1 Å². The molecule has 3 nitrogen and oxygen atoms in total. The van der Waals surface area contributed by atoms with Crippen molar-refractivity contribution in [1.82, 2.24) is 4.98 Å². The van der Waals surface area contributed by atoms with Crippen molar-refractivity contribution in [2.45, 2.75) is 0 Å². The number of benzene rings is 1. The first-order valence-electron chi connectivity index (χ1n) is 4.86. The fourth-order valence-corrected chi connectivity index (χ4v) is 2.59. The van der Waals surface area contributed by atoms with Gasteiger partial charge >= 0.3 is 5.63 Å².